The van der Waals surface area contributed by atoms with Crippen LogP contribution in [0.25, 0.3) is 0 Å². The van der Waals surface area contributed by atoms with Crippen LogP contribution in [-0.4, -0.2) is 54.4 Å². The summed E-state index contributed by atoms with van der Waals surface area (Å²) in [6.07, 6.45) is -4.08. The molecule has 1 fully saturated rings. The number of piperazine rings is 1. The third-order valence-electron chi connectivity index (χ3n) is 3.69. The van der Waals surface area contributed by atoms with Crippen molar-refractivity contribution in [1.29, 1.82) is 0 Å². The molecule has 146 valence electrons. The lowest BCUT2D eigenvalue weighted by Crippen LogP contribution is -2.50. The second-order valence-corrected chi connectivity index (χ2v) is 6.93. The van der Waals surface area contributed by atoms with Gasteiger partial charge in [-0.05, 0) is 33.8 Å². The van der Waals surface area contributed by atoms with Gasteiger partial charge in [0.1, 0.15) is 5.60 Å². The summed E-state index contributed by atoms with van der Waals surface area (Å²) in [5.74, 6) is 0.441. The molecule has 0 spiro atoms. The van der Waals surface area contributed by atoms with Crippen LogP contribution < -0.4 is 9.64 Å². The third-order valence-corrected chi connectivity index (χ3v) is 3.69. The molecule has 1 aromatic rings. The van der Waals surface area contributed by atoms with E-state index in [9.17, 15) is 18.0 Å². The highest BCUT2D eigenvalue weighted by molar-refractivity contribution is 5.68. The van der Waals surface area contributed by atoms with E-state index in [4.69, 9.17) is 9.47 Å². The highest BCUT2D eigenvalue weighted by Gasteiger charge is 2.33. The van der Waals surface area contributed by atoms with Crippen molar-refractivity contribution in [2.75, 3.05) is 37.7 Å². The van der Waals surface area contributed by atoms with Gasteiger partial charge in [0.15, 0.2) is 11.6 Å². The number of anilines is 1. The molecule has 0 atom stereocenters. The Balaban J connectivity index is 2.10. The summed E-state index contributed by atoms with van der Waals surface area (Å²) in [6.45, 7) is 8.95. The van der Waals surface area contributed by atoms with Crippen molar-refractivity contribution in [3.05, 3.63) is 17.8 Å². The molecule has 9 heteroatoms. The molecule has 2 rings (SSSR count). The van der Waals surface area contributed by atoms with E-state index < -0.39 is 23.4 Å². The Kier molecular flexibility index (Phi) is 5.87. The summed E-state index contributed by atoms with van der Waals surface area (Å²) >= 11 is 0. The van der Waals surface area contributed by atoms with Crippen LogP contribution >= 0.6 is 0 Å². The number of carbonyl (C=O) groups excluding carboxylic acids is 1. The summed E-state index contributed by atoms with van der Waals surface area (Å²) < 4.78 is 49.4. The summed E-state index contributed by atoms with van der Waals surface area (Å²) in [5.41, 5.74) is -1.43. The molecule has 1 saturated heterocycles. The summed E-state index contributed by atoms with van der Waals surface area (Å²) in [6, 6.07) is 0.964. The number of nitrogens with zero attached hydrogens (tertiary/aromatic N) is 3. The maximum Gasteiger partial charge on any atom is 0.418 e. The second-order valence-electron chi connectivity index (χ2n) is 6.93. The molecule has 0 aromatic carbocycles. The van der Waals surface area contributed by atoms with Crippen LogP contribution in [0.2, 0.25) is 0 Å². The van der Waals surface area contributed by atoms with E-state index in [0.717, 1.165) is 12.3 Å². The molecule has 1 amide bonds. The zero-order chi connectivity index (χ0) is 19.5. The minimum Gasteiger partial charge on any atom is -0.490 e. The van der Waals surface area contributed by atoms with Crippen molar-refractivity contribution < 1.29 is 27.4 Å². The molecule has 1 aliphatic rings. The van der Waals surface area contributed by atoms with Gasteiger partial charge in [0.25, 0.3) is 0 Å². The van der Waals surface area contributed by atoms with Crippen molar-refractivity contribution in [2.24, 2.45) is 0 Å². The van der Waals surface area contributed by atoms with E-state index in [-0.39, 0.29) is 12.4 Å². The molecule has 1 aromatic heterocycles. The van der Waals surface area contributed by atoms with Gasteiger partial charge in [0.05, 0.1) is 12.2 Å². The SMILES string of the molecule is CCOc1cc(C(F)(F)F)cnc1N1CCN(C(=O)OC(C)(C)C)CC1. The van der Waals surface area contributed by atoms with Crippen LogP contribution in [0, 0.1) is 0 Å². The van der Waals surface area contributed by atoms with E-state index in [2.05, 4.69) is 4.98 Å². The average Bonchev–Trinajstić information content (AvgIpc) is 2.53. The molecule has 2 heterocycles. The number of carbonyl (C=O) groups is 1. The molecule has 0 radical (unpaired) electrons. The Labute approximate surface area is 150 Å². The predicted octanol–water partition coefficient (Wildman–Crippen LogP) is 3.56. The van der Waals surface area contributed by atoms with Crippen molar-refractivity contribution in [3.8, 4) is 5.75 Å². The van der Waals surface area contributed by atoms with Crippen LogP contribution in [0.15, 0.2) is 12.3 Å². The minimum absolute atomic E-state index is 0.0908. The summed E-state index contributed by atoms with van der Waals surface area (Å²) in [4.78, 5) is 19.5. The first kappa shape index (κ1) is 20.1. The summed E-state index contributed by atoms with van der Waals surface area (Å²) in [7, 11) is 0. The second kappa shape index (κ2) is 7.59. The monoisotopic (exact) mass is 375 g/mol. The van der Waals surface area contributed by atoms with Gasteiger partial charge < -0.3 is 19.3 Å². The van der Waals surface area contributed by atoms with Crippen LogP contribution in [0.4, 0.5) is 23.8 Å². The standard InChI is InChI=1S/C17H24F3N3O3/c1-5-25-13-10-12(17(18,19)20)11-21-14(13)22-6-8-23(9-7-22)15(24)26-16(2,3)4/h10-11H,5-9H2,1-4H3. The molecular formula is C17H24F3N3O3. The lowest BCUT2D eigenvalue weighted by molar-refractivity contribution is -0.137. The Morgan fingerprint density at radius 1 is 1.19 bits per heavy atom. The Hall–Kier alpha value is -2.19. The quantitative estimate of drug-likeness (QED) is 0.809. The number of aromatic nitrogens is 1. The van der Waals surface area contributed by atoms with Gasteiger partial charge in [-0.15, -0.1) is 0 Å². The normalized spacial score (nSPS) is 15.8. The van der Waals surface area contributed by atoms with Gasteiger partial charge >= 0.3 is 12.3 Å². The highest BCUT2D eigenvalue weighted by atomic mass is 19.4. The molecule has 26 heavy (non-hydrogen) atoms. The van der Waals surface area contributed by atoms with E-state index in [0.29, 0.717) is 32.0 Å². The van der Waals surface area contributed by atoms with Gasteiger partial charge in [-0.1, -0.05) is 0 Å². The zero-order valence-electron chi connectivity index (χ0n) is 15.4. The topological polar surface area (TPSA) is 54.9 Å². The van der Waals surface area contributed by atoms with E-state index in [1.54, 1.807) is 32.6 Å². The number of halogens is 3. The first-order valence-corrected chi connectivity index (χ1v) is 8.44. The lowest BCUT2D eigenvalue weighted by atomic mass is 10.2. The minimum atomic E-state index is -4.48. The highest BCUT2D eigenvalue weighted by Crippen LogP contribution is 2.35. The Bertz CT molecular complexity index is 636. The van der Waals surface area contributed by atoms with Crippen molar-refractivity contribution >= 4 is 11.9 Å². The van der Waals surface area contributed by atoms with Crippen LogP contribution in [-0.2, 0) is 10.9 Å². The Morgan fingerprint density at radius 3 is 2.31 bits per heavy atom. The molecule has 0 unspecified atom stereocenters. The van der Waals surface area contributed by atoms with Crippen LogP contribution in [0.1, 0.15) is 33.3 Å². The molecule has 0 bridgehead atoms. The fraction of sp³-hybridized carbons (Fsp3) is 0.647. The number of hydrogen-bond donors (Lipinski definition) is 0. The Morgan fingerprint density at radius 2 is 1.81 bits per heavy atom. The van der Waals surface area contributed by atoms with Crippen LogP contribution in [0.5, 0.6) is 5.75 Å². The van der Waals surface area contributed by atoms with Gasteiger partial charge in [-0.25, -0.2) is 9.78 Å². The van der Waals surface area contributed by atoms with Crippen molar-refractivity contribution in [2.45, 2.75) is 39.5 Å². The molecular weight excluding hydrogens is 351 g/mol. The molecule has 0 aliphatic carbocycles. The smallest absolute Gasteiger partial charge is 0.418 e. The van der Waals surface area contributed by atoms with E-state index in [1.165, 1.54) is 0 Å². The number of pyridine rings is 1. The first-order chi connectivity index (χ1) is 12.0. The van der Waals surface area contributed by atoms with E-state index >= 15 is 0 Å². The molecule has 0 N–H and O–H groups in total. The van der Waals surface area contributed by atoms with Crippen molar-refractivity contribution in [3.63, 3.8) is 0 Å². The van der Waals surface area contributed by atoms with Crippen LogP contribution in [0.3, 0.4) is 0 Å². The fourth-order valence-corrected chi connectivity index (χ4v) is 2.52. The number of amides is 1. The number of rotatable bonds is 3. The number of ether oxygens (including phenoxy) is 2. The average molecular weight is 375 g/mol. The number of hydrogen-bond acceptors (Lipinski definition) is 5. The van der Waals surface area contributed by atoms with Gasteiger partial charge in [0.2, 0.25) is 0 Å². The zero-order valence-corrected chi connectivity index (χ0v) is 15.4. The molecule has 0 saturated carbocycles. The van der Waals surface area contributed by atoms with Gasteiger partial charge in [-0.3, -0.25) is 0 Å². The third kappa shape index (κ3) is 5.15. The number of alkyl halides is 3. The summed E-state index contributed by atoms with van der Waals surface area (Å²) in [5, 5.41) is 0. The van der Waals surface area contributed by atoms with Crippen molar-refractivity contribution in [1.82, 2.24) is 9.88 Å². The largest absolute Gasteiger partial charge is 0.490 e. The lowest BCUT2D eigenvalue weighted by Gasteiger charge is -2.36. The predicted molar refractivity (Wildman–Crippen MR) is 90.4 cm³/mol. The molecule has 1 aliphatic heterocycles. The maximum atomic E-state index is 12.9. The van der Waals surface area contributed by atoms with E-state index in [1.807, 2.05) is 4.90 Å². The molecule has 6 nitrogen and oxygen atoms in total. The van der Waals surface area contributed by atoms with Gasteiger partial charge in [0, 0.05) is 32.4 Å². The van der Waals surface area contributed by atoms with Gasteiger partial charge in [-0.2, -0.15) is 13.2 Å². The maximum absolute atomic E-state index is 12.9. The first-order valence-electron chi connectivity index (χ1n) is 8.44. The fourth-order valence-electron chi connectivity index (χ4n) is 2.52.